The lowest BCUT2D eigenvalue weighted by Crippen LogP contribution is -2.35. The lowest BCUT2D eigenvalue weighted by atomic mass is 9.85. The van der Waals surface area contributed by atoms with E-state index >= 15 is 0 Å². The molecule has 1 saturated carbocycles. The van der Waals surface area contributed by atoms with Crippen LogP contribution in [0.5, 0.6) is 0 Å². The molecule has 1 aliphatic rings. The van der Waals surface area contributed by atoms with Crippen LogP contribution in [0.2, 0.25) is 0 Å². The van der Waals surface area contributed by atoms with Crippen molar-refractivity contribution in [2.24, 2.45) is 11.7 Å². The molecule has 2 N–H and O–H groups in total. The predicted octanol–water partition coefficient (Wildman–Crippen LogP) is 1.35. The van der Waals surface area contributed by atoms with Crippen LogP contribution in [0.25, 0.3) is 0 Å². The van der Waals surface area contributed by atoms with Gasteiger partial charge in [-0.2, -0.15) is 5.26 Å². The van der Waals surface area contributed by atoms with Gasteiger partial charge >= 0.3 is 0 Å². The molecule has 0 amide bonds. The number of nitrogens with zero attached hydrogens (tertiary/aromatic N) is 2. The molecular formula is C11H21N3. The third-order valence-electron chi connectivity index (χ3n) is 3.11. The van der Waals surface area contributed by atoms with Gasteiger partial charge in [-0.05, 0) is 31.7 Å². The third kappa shape index (κ3) is 3.65. The zero-order valence-corrected chi connectivity index (χ0v) is 9.08. The van der Waals surface area contributed by atoms with E-state index in [9.17, 15) is 0 Å². The molecule has 1 atom stereocenters. The van der Waals surface area contributed by atoms with Gasteiger partial charge in [0, 0.05) is 13.1 Å². The van der Waals surface area contributed by atoms with Crippen LogP contribution in [0.15, 0.2) is 0 Å². The Bertz CT molecular complexity index is 193. The van der Waals surface area contributed by atoms with Gasteiger partial charge in [-0.3, -0.25) is 0 Å². The molecule has 3 heteroatoms. The fourth-order valence-electron chi connectivity index (χ4n) is 1.81. The second kappa shape index (κ2) is 6.00. The minimum absolute atomic E-state index is 0.287. The second-order valence-corrected chi connectivity index (χ2v) is 4.21. The molecule has 0 aromatic carbocycles. The first-order chi connectivity index (χ1) is 6.76. The minimum Gasteiger partial charge on any atom is -0.316 e. The second-order valence-electron chi connectivity index (χ2n) is 4.21. The predicted molar refractivity (Wildman–Crippen MR) is 57.7 cm³/mol. The average molecular weight is 195 g/mol. The number of nitrogens with two attached hydrogens (primary N) is 1. The van der Waals surface area contributed by atoms with Crippen LogP contribution in [0.3, 0.4) is 0 Å². The van der Waals surface area contributed by atoms with E-state index in [1.165, 1.54) is 25.8 Å². The van der Waals surface area contributed by atoms with Gasteiger partial charge in [0.1, 0.15) is 0 Å². The summed E-state index contributed by atoms with van der Waals surface area (Å²) in [6.07, 6.45) is 4.98. The monoisotopic (exact) mass is 195 g/mol. The summed E-state index contributed by atoms with van der Waals surface area (Å²) in [5, 5.41) is 8.57. The van der Waals surface area contributed by atoms with E-state index in [2.05, 4.69) is 17.9 Å². The zero-order chi connectivity index (χ0) is 10.4. The summed E-state index contributed by atoms with van der Waals surface area (Å²) in [5.74, 6) is 0.910. The molecule has 80 valence electrons. The molecule has 0 aliphatic heterocycles. The number of hydrogen-bond acceptors (Lipinski definition) is 3. The van der Waals surface area contributed by atoms with Crippen LogP contribution in [0.1, 0.15) is 32.6 Å². The first-order valence-electron chi connectivity index (χ1n) is 5.63. The van der Waals surface area contributed by atoms with Crippen LogP contribution < -0.4 is 5.73 Å². The van der Waals surface area contributed by atoms with Crippen LogP contribution >= 0.6 is 0 Å². The number of hydrogen-bond donors (Lipinski definition) is 1. The van der Waals surface area contributed by atoms with E-state index in [0.29, 0.717) is 0 Å². The highest BCUT2D eigenvalue weighted by Gasteiger charge is 2.19. The SMILES string of the molecule is CCN(CCC(N)C#N)CC1CCC1. The number of nitriles is 1. The molecule has 0 heterocycles. The molecule has 1 aliphatic carbocycles. The Morgan fingerprint density at radius 1 is 1.57 bits per heavy atom. The Labute approximate surface area is 86.9 Å². The summed E-state index contributed by atoms with van der Waals surface area (Å²) in [7, 11) is 0. The maximum Gasteiger partial charge on any atom is 0.0940 e. The smallest absolute Gasteiger partial charge is 0.0940 e. The molecule has 1 fully saturated rings. The minimum atomic E-state index is -0.287. The van der Waals surface area contributed by atoms with Crippen molar-refractivity contribution in [3.05, 3.63) is 0 Å². The van der Waals surface area contributed by atoms with Gasteiger partial charge in [-0.25, -0.2) is 0 Å². The van der Waals surface area contributed by atoms with Crippen molar-refractivity contribution in [2.45, 2.75) is 38.6 Å². The maximum absolute atomic E-state index is 8.57. The molecule has 0 spiro atoms. The molecule has 0 aromatic heterocycles. The number of rotatable bonds is 6. The standard InChI is InChI=1S/C11H21N3/c1-2-14(7-6-11(13)8-12)9-10-4-3-5-10/h10-11H,2-7,9,13H2,1H3. The van der Waals surface area contributed by atoms with Gasteiger partial charge in [0.15, 0.2) is 0 Å². The average Bonchev–Trinajstić information content (AvgIpc) is 2.15. The largest absolute Gasteiger partial charge is 0.316 e. The van der Waals surface area contributed by atoms with Gasteiger partial charge in [0.25, 0.3) is 0 Å². The Balaban J connectivity index is 2.14. The van der Waals surface area contributed by atoms with Gasteiger partial charge in [-0.1, -0.05) is 13.3 Å². The molecule has 0 radical (unpaired) electrons. The van der Waals surface area contributed by atoms with Crippen LogP contribution in [0.4, 0.5) is 0 Å². The van der Waals surface area contributed by atoms with E-state index < -0.39 is 0 Å². The summed E-state index contributed by atoms with van der Waals surface area (Å²) in [6.45, 7) is 5.43. The molecule has 1 rings (SSSR count). The molecule has 3 nitrogen and oxygen atoms in total. The van der Waals surface area contributed by atoms with E-state index in [4.69, 9.17) is 11.0 Å². The topological polar surface area (TPSA) is 53.0 Å². The highest BCUT2D eigenvalue weighted by molar-refractivity contribution is 4.87. The van der Waals surface area contributed by atoms with Crippen molar-refractivity contribution in [3.8, 4) is 6.07 Å². The van der Waals surface area contributed by atoms with E-state index in [1.807, 2.05) is 0 Å². The van der Waals surface area contributed by atoms with Crippen molar-refractivity contribution >= 4 is 0 Å². The summed E-state index contributed by atoms with van der Waals surface area (Å²) in [5.41, 5.74) is 5.57. The summed E-state index contributed by atoms with van der Waals surface area (Å²) >= 11 is 0. The van der Waals surface area contributed by atoms with Crippen molar-refractivity contribution in [3.63, 3.8) is 0 Å². The Hall–Kier alpha value is -0.590. The van der Waals surface area contributed by atoms with Gasteiger partial charge < -0.3 is 10.6 Å². The Kier molecular flexibility index (Phi) is 4.92. The van der Waals surface area contributed by atoms with Crippen molar-refractivity contribution in [2.75, 3.05) is 19.6 Å². The van der Waals surface area contributed by atoms with Crippen molar-refractivity contribution in [1.29, 1.82) is 5.26 Å². The van der Waals surface area contributed by atoms with Crippen LogP contribution in [0, 0.1) is 17.2 Å². The summed E-state index contributed by atoms with van der Waals surface area (Å²) in [6, 6.07) is 1.79. The van der Waals surface area contributed by atoms with Gasteiger partial charge in [0.2, 0.25) is 0 Å². The lowest BCUT2D eigenvalue weighted by molar-refractivity contribution is 0.181. The zero-order valence-electron chi connectivity index (χ0n) is 9.08. The normalized spacial score (nSPS) is 19.0. The lowest BCUT2D eigenvalue weighted by Gasteiger charge is -2.31. The van der Waals surface area contributed by atoms with E-state index in [-0.39, 0.29) is 6.04 Å². The fraction of sp³-hybridized carbons (Fsp3) is 0.909. The highest BCUT2D eigenvalue weighted by atomic mass is 15.1. The van der Waals surface area contributed by atoms with E-state index in [1.54, 1.807) is 0 Å². The quantitative estimate of drug-likeness (QED) is 0.696. The fourth-order valence-corrected chi connectivity index (χ4v) is 1.81. The first-order valence-corrected chi connectivity index (χ1v) is 5.63. The molecule has 0 saturated heterocycles. The summed E-state index contributed by atoms with van der Waals surface area (Å²) < 4.78 is 0. The van der Waals surface area contributed by atoms with Crippen molar-refractivity contribution in [1.82, 2.24) is 4.90 Å². The summed E-state index contributed by atoms with van der Waals surface area (Å²) in [4.78, 5) is 2.42. The van der Waals surface area contributed by atoms with E-state index in [0.717, 1.165) is 25.4 Å². The van der Waals surface area contributed by atoms with Gasteiger partial charge in [-0.15, -0.1) is 0 Å². The maximum atomic E-state index is 8.57. The molecule has 14 heavy (non-hydrogen) atoms. The molecule has 0 aromatic rings. The Morgan fingerprint density at radius 3 is 2.71 bits per heavy atom. The molecule has 1 unspecified atom stereocenters. The van der Waals surface area contributed by atoms with Crippen molar-refractivity contribution < 1.29 is 0 Å². The third-order valence-corrected chi connectivity index (χ3v) is 3.11. The first kappa shape index (κ1) is 11.5. The highest BCUT2D eigenvalue weighted by Crippen LogP contribution is 2.26. The Morgan fingerprint density at radius 2 is 2.29 bits per heavy atom. The van der Waals surface area contributed by atoms with Crippen LogP contribution in [-0.4, -0.2) is 30.6 Å². The molecule has 0 bridgehead atoms. The molecular weight excluding hydrogens is 174 g/mol. The van der Waals surface area contributed by atoms with Crippen LogP contribution in [-0.2, 0) is 0 Å². The van der Waals surface area contributed by atoms with Gasteiger partial charge in [0.05, 0.1) is 12.1 Å².